The van der Waals surface area contributed by atoms with Crippen LogP contribution in [0, 0.1) is 0 Å². The number of hydrogen-bond donors (Lipinski definition) is 1. The SMILES string of the molecule is C[C@H](c1ccccc1)N(C)C(=O)c1ccc(NC(=O)c2ccco2)s1. The van der Waals surface area contributed by atoms with Crippen LogP contribution in [0.25, 0.3) is 0 Å². The van der Waals surface area contributed by atoms with Crippen LogP contribution in [0.15, 0.2) is 65.3 Å². The second kappa shape index (κ2) is 7.36. The maximum absolute atomic E-state index is 12.7. The van der Waals surface area contributed by atoms with Crippen LogP contribution in [0.2, 0.25) is 0 Å². The predicted octanol–water partition coefficient (Wildman–Crippen LogP) is 4.43. The van der Waals surface area contributed by atoms with Crippen molar-refractivity contribution in [1.82, 2.24) is 4.90 Å². The van der Waals surface area contributed by atoms with E-state index in [1.54, 1.807) is 36.2 Å². The lowest BCUT2D eigenvalue weighted by Gasteiger charge is -2.24. The van der Waals surface area contributed by atoms with E-state index in [0.717, 1.165) is 5.56 Å². The fourth-order valence-electron chi connectivity index (χ4n) is 2.41. The number of nitrogens with zero attached hydrogens (tertiary/aromatic N) is 1. The summed E-state index contributed by atoms with van der Waals surface area (Å²) in [6.45, 7) is 1.99. The molecule has 3 aromatic rings. The summed E-state index contributed by atoms with van der Waals surface area (Å²) in [6.07, 6.45) is 1.44. The van der Waals surface area contributed by atoms with Crippen molar-refractivity contribution in [3.05, 3.63) is 77.1 Å². The normalized spacial score (nSPS) is 11.8. The lowest BCUT2D eigenvalue weighted by Crippen LogP contribution is -2.29. The van der Waals surface area contributed by atoms with Gasteiger partial charge in [0.05, 0.1) is 22.2 Å². The summed E-state index contributed by atoms with van der Waals surface area (Å²) in [6, 6.07) is 16.5. The topological polar surface area (TPSA) is 62.6 Å². The molecular weight excluding hydrogens is 336 g/mol. The van der Waals surface area contributed by atoms with Gasteiger partial charge in [0, 0.05) is 7.05 Å². The third-order valence-corrected chi connectivity index (χ3v) is 4.97. The molecule has 1 atom stereocenters. The lowest BCUT2D eigenvalue weighted by atomic mass is 10.1. The Hall–Kier alpha value is -2.86. The molecule has 5 nitrogen and oxygen atoms in total. The summed E-state index contributed by atoms with van der Waals surface area (Å²) in [5, 5.41) is 3.34. The van der Waals surface area contributed by atoms with Crippen LogP contribution in [0.1, 0.15) is 38.8 Å². The number of nitrogens with one attached hydrogen (secondary N) is 1. The van der Waals surface area contributed by atoms with Crippen LogP contribution in [-0.4, -0.2) is 23.8 Å². The average Bonchev–Trinajstić information content (AvgIpc) is 3.32. The van der Waals surface area contributed by atoms with Crippen molar-refractivity contribution in [2.75, 3.05) is 12.4 Å². The Kier molecular flexibility index (Phi) is 5.00. The molecular formula is C19H18N2O3S. The lowest BCUT2D eigenvalue weighted by molar-refractivity contribution is 0.0747. The zero-order valence-electron chi connectivity index (χ0n) is 13.9. The minimum atomic E-state index is -0.336. The third kappa shape index (κ3) is 3.80. The first-order chi connectivity index (χ1) is 12.1. The highest BCUT2D eigenvalue weighted by atomic mass is 32.1. The van der Waals surface area contributed by atoms with Crippen LogP contribution >= 0.6 is 11.3 Å². The van der Waals surface area contributed by atoms with Crippen molar-refractivity contribution >= 4 is 28.2 Å². The average molecular weight is 354 g/mol. The fourth-order valence-corrected chi connectivity index (χ4v) is 3.29. The van der Waals surface area contributed by atoms with Gasteiger partial charge in [0.25, 0.3) is 11.8 Å². The molecule has 0 aliphatic rings. The molecule has 2 heterocycles. The minimum Gasteiger partial charge on any atom is -0.459 e. The van der Waals surface area contributed by atoms with Gasteiger partial charge < -0.3 is 14.6 Å². The Morgan fingerprint density at radius 1 is 1.08 bits per heavy atom. The molecule has 6 heteroatoms. The molecule has 0 radical (unpaired) electrons. The largest absolute Gasteiger partial charge is 0.459 e. The molecule has 0 saturated heterocycles. The zero-order chi connectivity index (χ0) is 17.8. The van der Waals surface area contributed by atoms with Crippen molar-refractivity contribution in [2.24, 2.45) is 0 Å². The summed E-state index contributed by atoms with van der Waals surface area (Å²) < 4.78 is 5.06. The number of amides is 2. The monoisotopic (exact) mass is 354 g/mol. The molecule has 2 aromatic heterocycles. The Morgan fingerprint density at radius 3 is 2.52 bits per heavy atom. The van der Waals surface area contributed by atoms with Crippen molar-refractivity contribution in [3.63, 3.8) is 0 Å². The van der Waals surface area contributed by atoms with Gasteiger partial charge in [-0.3, -0.25) is 9.59 Å². The third-order valence-electron chi connectivity index (χ3n) is 3.98. The van der Waals surface area contributed by atoms with E-state index in [4.69, 9.17) is 4.42 Å². The molecule has 0 spiro atoms. The summed E-state index contributed by atoms with van der Waals surface area (Å²) in [4.78, 5) is 26.9. The van der Waals surface area contributed by atoms with Crippen LogP contribution < -0.4 is 5.32 Å². The Labute approximate surface area is 149 Å². The molecule has 0 bridgehead atoms. The van der Waals surface area contributed by atoms with E-state index in [1.807, 2.05) is 37.3 Å². The highest BCUT2D eigenvalue weighted by molar-refractivity contribution is 7.18. The van der Waals surface area contributed by atoms with Crippen molar-refractivity contribution in [3.8, 4) is 0 Å². The van der Waals surface area contributed by atoms with Crippen molar-refractivity contribution in [2.45, 2.75) is 13.0 Å². The number of thiophene rings is 1. The predicted molar refractivity (Wildman–Crippen MR) is 97.9 cm³/mol. The van der Waals surface area contributed by atoms with Gasteiger partial charge in [0.15, 0.2) is 5.76 Å². The van der Waals surface area contributed by atoms with Gasteiger partial charge in [-0.1, -0.05) is 30.3 Å². The van der Waals surface area contributed by atoms with Gasteiger partial charge in [0.2, 0.25) is 0 Å². The quantitative estimate of drug-likeness (QED) is 0.737. The first-order valence-electron chi connectivity index (χ1n) is 7.83. The van der Waals surface area contributed by atoms with E-state index in [0.29, 0.717) is 9.88 Å². The van der Waals surface area contributed by atoms with Gasteiger partial charge >= 0.3 is 0 Å². The van der Waals surface area contributed by atoms with E-state index < -0.39 is 0 Å². The zero-order valence-corrected chi connectivity index (χ0v) is 14.7. The Morgan fingerprint density at radius 2 is 1.84 bits per heavy atom. The molecule has 1 aromatic carbocycles. The van der Waals surface area contributed by atoms with E-state index in [2.05, 4.69) is 5.32 Å². The first-order valence-corrected chi connectivity index (χ1v) is 8.64. The highest BCUT2D eigenvalue weighted by Crippen LogP contribution is 2.27. The highest BCUT2D eigenvalue weighted by Gasteiger charge is 2.21. The molecule has 3 rings (SSSR count). The maximum Gasteiger partial charge on any atom is 0.291 e. The van der Waals surface area contributed by atoms with Gasteiger partial charge in [-0.2, -0.15) is 0 Å². The number of rotatable bonds is 5. The summed E-state index contributed by atoms with van der Waals surface area (Å²) in [5.74, 6) is -0.187. The molecule has 0 aliphatic heterocycles. The van der Waals surface area contributed by atoms with E-state index in [9.17, 15) is 9.59 Å². The first kappa shape index (κ1) is 17.0. The maximum atomic E-state index is 12.7. The standard InChI is InChI=1S/C19H18N2O3S/c1-13(14-7-4-3-5-8-14)21(2)19(23)16-10-11-17(25-16)20-18(22)15-9-6-12-24-15/h3-13H,1-2H3,(H,20,22)/t13-/m1/s1. The molecule has 0 unspecified atom stereocenters. The van der Waals surface area contributed by atoms with E-state index in [-0.39, 0.29) is 23.6 Å². The molecule has 0 aliphatic carbocycles. The molecule has 25 heavy (non-hydrogen) atoms. The number of hydrogen-bond acceptors (Lipinski definition) is 4. The van der Waals surface area contributed by atoms with Crippen LogP contribution in [0.4, 0.5) is 5.00 Å². The van der Waals surface area contributed by atoms with Gasteiger partial charge in [-0.05, 0) is 36.8 Å². The molecule has 0 fully saturated rings. The molecule has 1 N–H and O–H groups in total. The summed E-state index contributed by atoms with van der Waals surface area (Å²) in [5.41, 5.74) is 1.07. The number of furan rings is 1. The second-order valence-corrected chi connectivity index (χ2v) is 6.68. The van der Waals surface area contributed by atoms with Crippen LogP contribution in [0.3, 0.4) is 0 Å². The van der Waals surface area contributed by atoms with E-state index in [1.165, 1.54) is 17.6 Å². The van der Waals surface area contributed by atoms with E-state index >= 15 is 0 Å². The van der Waals surface area contributed by atoms with Crippen molar-refractivity contribution < 1.29 is 14.0 Å². The Bertz CT molecular complexity index is 856. The van der Waals surface area contributed by atoms with Gasteiger partial charge in [-0.15, -0.1) is 11.3 Å². The number of benzene rings is 1. The number of carbonyl (C=O) groups excluding carboxylic acids is 2. The van der Waals surface area contributed by atoms with Gasteiger partial charge in [-0.25, -0.2) is 0 Å². The fraction of sp³-hybridized carbons (Fsp3) is 0.158. The second-order valence-electron chi connectivity index (χ2n) is 5.60. The van der Waals surface area contributed by atoms with Crippen LogP contribution in [0.5, 0.6) is 0 Å². The summed E-state index contributed by atoms with van der Waals surface area (Å²) >= 11 is 1.24. The molecule has 128 valence electrons. The van der Waals surface area contributed by atoms with Gasteiger partial charge in [0.1, 0.15) is 0 Å². The smallest absolute Gasteiger partial charge is 0.291 e. The number of carbonyl (C=O) groups is 2. The molecule has 2 amide bonds. The minimum absolute atomic E-state index is 0.0445. The van der Waals surface area contributed by atoms with Crippen LogP contribution in [-0.2, 0) is 0 Å². The summed E-state index contributed by atoms with van der Waals surface area (Å²) in [7, 11) is 1.78. The molecule has 0 saturated carbocycles. The Balaban J connectivity index is 1.69. The number of anilines is 1. The van der Waals surface area contributed by atoms with Crippen molar-refractivity contribution in [1.29, 1.82) is 0 Å².